The zero-order chi connectivity index (χ0) is 23.3. The minimum Gasteiger partial charge on any atom is -0.320 e. The van der Waals surface area contributed by atoms with Crippen LogP contribution in [0, 0.1) is 30.9 Å². The fourth-order valence-electron chi connectivity index (χ4n) is 3.10. The van der Waals surface area contributed by atoms with Crippen LogP contribution in [0.4, 0.5) is 11.4 Å². The predicted molar refractivity (Wildman–Crippen MR) is 124 cm³/mol. The van der Waals surface area contributed by atoms with Crippen molar-refractivity contribution in [2.75, 3.05) is 5.32 Å². The maximum Gasteiger partial charge on any atom is 0.272 e. The third kappa shape index (κ3) is 5.66. The van der Waals surface area contributed by atoms with E-state index in [1.807, 2.05) is 32.9 Å². The number of nitrogens with one attached hydrogen (secondary N) is 2. The van der Waals surface area contributed by atoms with Gasteiger partial charge in [0.1, 0.15) is 5.70 Å². The van der Waals surface area contributed by atoms with Gasteiger partial charge in [0, 0.05) is 23.4 Å². The molecule has 0 saturated heterocycles. The minimum absolute atomic E-state index is 0.0314. The molecule has 2 amide bonds. The number of aryl methyl sites for hydroxylation is 3. The van der Waals surface area contributed by atoms with Crippen LogP contribution < -0.4 is 10.6 Å². The molecule has 3 rings (SSSR count). The molecule has 162 valence electrons. The molecule has 0 saturated carbocycles. The Labute approximate surface area is 185 Å². The number of non-ortho nitro benzene ring substituents is 1. The van der Waals surface area contributed by atoms with Gasteiger partial charge in [-0.3, -0.25) is 19.7 Å². The molecule has 0 bridgehead atoms. The number of nitro benzene ring substituents is 1. The van der Waals surface area contributed by atoms with Crippen molar-refractivity contribution >= 4 is 29.3 Å². The predicted octanol–water partition coefficient (Wildman–Crippen LogP) is 4.93. The van der Waals surface area contributed by atoms with Gasteiger partial charge < -0.3 is 10.6 Å². The Morgan fingerprint density at radius 3 is 2.25 bits per heavy atom. The van der Waals surface area contributed by atoms with Gasteiger partial charge >= 0.3 is 0 Å². The van der Waals surface area contributed by atoms with E-state index in [-0.39, 0.29) is 11.4 Å². The van der Waals surface area contributed by atoms with Crippen molar-refractivity contribution in [2.24, 2.45) is 0 Å². The van der Waals surface area contributed by atoms with E-state index in [9.17, 15) is 19.7 Å². The Morgan fingerprint density at radius 1 is 0.906 bits per heavy atom. The zero-order valence-corrected chi connectivity index (χ0v) is 18.0. The van der Waals surface area contributed by atoms with Crippen molar-refractivity contribution in [3.05, 3.63) is 110 Å². The van der Waals surface area contributed by atoms with Crippen LogP contribution >= 0.6 is 0 Å². The normalized spacial score (nSPS) is 11.0. The molecular weight excluding hydrogens is 406 g/mol. The van der Waals surface area contributed by atoms with E-state index in [0.717, 1.165) is 16.7 Å². The molecule has 0 aliphatic carbocycles. The Morgan fingerprint density at radius 2 is 1.59 bits per heavy atom. The summed E-state index contributed by atoms with van der Waals surface area (Å²) in [6, 6.07) is 18.4. The molecular formula is C25H23N3O4. The largest absolute Gasteiger partial charge is 0.320 e. The van der Waals surface area contributed by atoms with E-state index in [4.69, 9.17) is 0 Å². The average molecular weight is 429 g/mol. The summed E-state index contributed by atoms with van der Waals surface area (Å²) in [7, 11) is 0. The van der Waals surface area contributed by atoms with Gasteiger partial charge in [-0.15, -0.1) is 0 Å². The molecule has 0 aliphatic heterocycles. The number of carbonyl (C=O) groups is 2. The van der Waals surface area contributed by atoms with Gasteiger partial charge in [-0.2, -0.15) is 0 Å². The van der Waals surface area contributed by atoms with E-state index < -0.39 is 16.7 Å². The van der Waals surface area contributed by atoms with Gasteiger partial charge in [-0.05, 0) is 56.2 Å². The maximum atomic E-state index is 13.1. The molecule has 32 heavy (non-hydrogen) atoms. The molecule has 0 radical (unpaired) electrons. The second-order valence-electron chi connectivity index (χ2n) is 7.50. The molecule has 0 heterocycles. The van der Waals surface area contributed by atoms with Crippen molar-refractivity contribution < 1.29 is 14.5 Å². The number of hydrogen-bond donors (Lipinski definition) is 2. The molecule has 0 aromatic heterocycles. The van der Waals surface area contributed by atoms with Gasteiger partial charge in [0.15, 0.2) is 0 Å². The highest BCUT2D eigenvalue weighted by molar-refractivity contribution is 6.10. The van der Waals surface area contributed by atoms with Gasteiger partial charge in [0.2, 0.25) is 0 Å². The summed E-state index contributed by atoms with van der Waals surface area (Å²) in [6.07, 6.45) is 1.41. The third-order valence-electron chi connectivity index (χ3n) is 4.83. The smallest absolute Gasteiger partial charge is 0.272 e. The van der Waals surface area contributed by atoms with Gasteiger partial charge in [-0.25, -0.2) is 0 Å². The summed E-state index contributed by atoms with van der Waals surface area (Å²) in [6.45, 7) is 5.73. The summed E-state index contributed by atoms with van der Waals surface area (Å²) in [5.74, 6) is -0.999. The van der Waals surface area contributed by atoms with Crippen molar-refractivity contribution in [1.29, 1.82) is 0 Å². The Kier molecular flexibility index (Phi) is 6.80. The van der Waals surface area contributed by atoms with Crippen LogP contribution in [0.1, 0.15) is 32.6 Å². The summed E-state index contributed by atoms with van der Waals surface area (Å²) in [4.78, 5) is 36.4. The highest BCUT2D eigenvalue weighted by atomic mass is 16.6. The molecule has 0 unspecified atom stereocenters. The molecule has 2 N–H and O–H groups in total. The SMILES string of the molecule is Cc1ccc(C(=O)N/C(=C\c2cccc([N+](=O)[O-])c2)C(=O)Nc2ccc(C)cc2C)cc1. The lowest BCUT2D eigenvalue weighted by molar-refractivity contribution is -0.384. The van der Waals surface area contributed by atoms with E-state index in [0.29, 0.717) is 16.8 Å². The van der Waals surface area contributed by atoms with Crippen molar-refractivity contribution in [1.82, 2.24) is 5.32 Å². The minimum atomic E-state index is -0.538. The molecule has 0 atom stereocenters. The molecule has 0 aliphatic rings. The van der Waals surface area contributed by atoms with Gasteiger partial charge in [-0.1, -0.05) is 47.5 Å². The third-order valence-corrected chi connectivity index (χ3v) is 4.83. The second-order valence-corrected chi connectivity index (χ2v) is 7.50. The molecule has 7 heteroatoms. The van der Waals surface area contributed by atoms with Crippen LogP contribution in [0.2, 0.25) is 0 Å². The molecule has 3 aromatic carbocycles. The van der Waals surface area contributed by atoms with Crippen LogP contribution in [-0.4, -0.2) is 16.7 Å². The fraction of sp³-hybridized carbons (Fsp3) is 0.120. The topological polar surface area (TPSA) is 101 Å². The highest BCUT2D eigenvalue weighted by Gasteiger charge is 2.16. The number of rotatable bonds is 6. The first-order valence-corrected chi connectivity index (χ1v) is 9.96. The number of benzene rings is 3. The maximum absolute atomic E-state index is 13.1. The first-order chi connectivity index (χ1) is 15.2. The first-order valence-electron chi connectivity index (χ1n) is 9.96. The summed E-state index contributed by atoms with van der Waals surface area (Å²) in [5, 5.41) is 16.6. The van der Waals surface area contributed by atoms with Crippen LogP contribution in [-0.2, 0) is 4.79 Å². The van der Waals surface area contributed by atoms with E-state index in [1.54, 1.807) is 36.4 Å². The van der Waals surface area contributed by atoms with E-state index in [2.05, 4.69) is 10.6 Å². The molecule has 0 fully saturated rings. The lowest BCUT2D eigenvalue weighted by atomic mass is 10.1. The number of anilines is 1. The quantitative estimate of drug-likeness (QED) is 0.329. The van der Waals surface area contributed by atoms with E-state index in [1.165, 1.54) is 24.3 Å². The first kappa shape index (κ1) is 22.4. The number of nitrogens with zero attached hydrogens (tertiary/aromatic N) is 1. The molecule has 7 nitrogen and oxygen atoms in total. The lowest BCUT2D eigenvalue weighted by Crippen LogP contribution is -2.31. The Bertz CT molecular complexity index is 1210. The van der Waals surface area contributed by atoms with Crippen molar-refractivity contribution in [2.45, 2.75) is 20.8 Å². The van der Waals surface area contributed by atoms with Crippen molar-refractivity contribution in [3.63, 3.8) is 0 Å². The highest BCUT2D eigenvalue weighted by Crippen LogP contribution is 2.19. The van der Waals surface area contributed by atoms with Gasteiger partial charge in [0.25, 0.3) is 17.5 Å². The van der Waals surface area contributed by atoms with Gasteiger partial charge in [0.05, 0.1) is 4.92 Å². The van der Waals surface area contributed by atoms with Crippen LogP contribution in [0.25, 0.3) is 6.08 Å². The van der Waals surface area contributed by atoms with E-state index >= 15 is 0 Å². The monoisotopic (exact) mass is 429 g/mol. The summed E-state index contributed by atoms with van der Waals surface area (Å²) >= 11 is 0. The van der Waals surface area contributed by atoms with Crippen molar-refractivity contribution in [3.8, 4) is 0 Å². The summed E-state index contributed by atoms with van der Waals surface area (Å²) in [5.41, 5.74) is 4.19. The number of amides is 2. The Balaban J connectivity index is 1.95. The summed E-state index contributed by atoms with van der Waals surface area (Å²) < 4.78 is 0. The standard InChI is InChI=1S/C25H23N3O4/c1-16-7-10-20(11-8-16)24(29)27-23(15-19-5-4-6-21(14-19)28(31)32)25(30)26-22-12-9-17(2)13-18(22)3/h4-15H,1-3H3,(H,26,30)(H,27,29)/b23-15-. The number of carbonyl (C=O) groups excluding carboxylic acids is 2. The number of nitro groups is 1. The lowest BCUT2D eigenvalue weighted by Gasteiger charge is -2.13. The fourth-order valence-corrected chi connectivity index (χ4v) is 3.10. The number of hydrogen-bond acceptors (Lipinski definition) is 4. The zero-order valence-electron chi connectivity index (χ0n) is 18.0. The van der Waals surface area contributed by atoms with Crippen LogP contribution in [0.15, 0.2) is 72.4 Å². The second kappa shape index (κ2) is 9.70. The van der Waals surface area contributed by atoms with Crippen LogP contribution in [0.3, 0.4) is 0 Å². The average Bonchev–Trinajstić information content (AvgIpc) is 2.75. The molecule has 0 spiro atoms. The Hall–Kier alpha value is -4.26. The van der Waals surface area contributed by atoms with Crippen LogP contribution in [0.5, 0.6) is 0 Å². The molecule has 3 aromatic rings.